The van der Waals surface area contributed by atoms with Crippen LogP contribution in [0.15, 0.2) is 42.5 Å². The first-order valence-corrected chi connectivity index (χ1v) is 7.92. The molecule has 0 unspecified atom stereocenters. The Bertz CT molecular complexity index is 841. The normalized spacial score (nSPS) is 10.6. The molecule has 118 valence electrons. The van der Waals surface area contributed by atoms with Gasteiger partial charge < -0.3 is 9.64 Å². The number of methoxy groups -OCH3 is 1. The fourth-order valence-corrected chi connectivity index (χ4v) is 3.05. The quantitative estimate of drug-likeness (QED) is 0.795. The Balaban J connectivity index is 1.79. The third-order valence-electron chi connectivity index (χ3n) is 3.46. The summed E-state index contributed by atoms with van der Waals surface area (Å²) in [7, 11) is 5.55. The summed E-state index contributed by atoms with van der Waals surface area (Å²) in [6.07, 6.45) is 0. The summed E-state index contributed by atoms with van der Waals surface area (Å²) >= 11 is 1.43. The molecule has 0 atom stereocenters. The number of carbonyl (C=O) groups excluding carboxylic acids is 1. The standard InChI is InChI=1S/C17H17N3O2S/c1-20(2)12-6-4-11(5-7-12)16(21)19-17-18-14-9-8-13(22-3)10-15(14)23-17/h4-10H,1-3H3,(H,18,19,21). The van der Waals surface area contributed by atoms with E-state index in [1.165, 1.54) is 11.3 Å². The van der Waals surface area contributed by atoms with Gasteiger partial charge in [-0.25, -0.2) is 4.98 Å². The smallest absolute Gasteiger partial charge is 0.257 e. The molecule has 0 saturated heterocycles. The highest BCUT2D eigenvalue weighted by Crippen LogP contribution is 2.29. The number of carbonyl (C=O) groups is 1. The Hall–Kier alpha value is -2.60. The van der Waals surface area contributed by atoms with Gasteiger partial charge in [0.05, 0.1) is 17.3 Å². The monoisotopic (exact) mass is 327 g/mol. The van der Waals surface area contributed by atoms with E-state index in [0.29, 0.717) is 10.7 Å². The largest absolute Gasteiger partial charge is 0.497 e. The van der Waals surface area contributed by atoms with E-state index in [9.17, 15) is 4.79 Å². The summed E-state index contributed by atoms with van der Waals surface area (Å²) in [6.45, 7) is 0. The minimum atomic E-state index is -0.165. The molecule has 0 fully saturated rings. The third-order valence-corrected chi connectivity index (χ3v) is 4.40. The van der Waals surface area contributed by atoms with Gasteiger partial charge in [0.15, 0.2) is 5.13 Å². The number of benzene rings is 2. The van der Waals surface area contributed by atoms with Crippen molar-refractivity contribution in [2.24, 2.45) is 0 Å². The first-order chi connectivity index (χ1) is 11.1. The fraction of sp³-hybridized carbons (Fsp3) is 0.176. The van der Waals surface area contributed by atoms with Crippen molar-refractivity contribution in [3.05, 3.63) is 48.0 Å². The number of hydrogen-bond acceptors (Lipinski definition) is 5. The molecule has 0 saturated carbocycles. The Morgan fingerprint density at radius 1 is 1.17 bits per heavy atom. The van der Waals surface area contributed by atoms with E-state index in [1.54, 1.807) is 19.2 Å². The summed E-state index contributed by atoms with van der Waals surface area (Å²) in [5, 5.41) is 3.43. The number of amides is 1. The number of aromatic nitrogens is 1. The van der Waals surface area contributed by atoms with Crippen LogP contribution in [0.2, 0.25) is 0 Å². The molecule has 3 rings (SSSR count). The average Bonchev–Trinajstić information content (AvgIpc) is 2.95. The van der Waals surface area contributed by atoms with E-state index < -0.39 is 0 Å². The molecule has 1 aromatic heterocycles. The lowest BCUT2D eigenvalue weighted by atomic mass is 10.2. The molecular weight excluding hydrogens is 310 g/mol. The number of nitrogens with zero attached hydrogens (tertiary/aromatic N) is 2. The number of nitrogens with one attached hydrogen (secondary N) is 1. The second-order valence-electron chi connectivity index (χ2n) is 5.25. The minimum Gasteiger partial charge on any atom is -0.497 e. The molecule has 0 radical (unpaired) electrons. The Morgan fingerprint density at radius 2 is 1.91 bits per heavy atom. The van der Waals surface area contributed by atoms with Gasteiger partial charge in [0.2, 0.25) is 0 Å². The van der Waals surface area contributed by atoms with Gasteiger partial charge in [-0.15, -0.1) is 0 Å². The van der Waals surface area contributed by atoms with Crippen molar-refractivity contribution < 1.29 is 9.53 Å². The van der Waals surface area contributed by atoms with Crippen LogP contribution in [0.5, 0.6) is 5.75 Å². The number of rotatable bonds is 4. The highest BCUT2D eigenvalue weighted by atomic mass is 32.1. The van der Waals surface area contributed by atoms with Gasteiger partial charge in [-0.05, 0) is 42.5 Å². The molecule has 23 heavy (non-hydrogen) atoms. The topological polar surface area (TPSA) is 54.5 Å². The molecule has 5 nitrogen and oxygen atoms in total. The predicted octanol–water partition coefficient (Wildman–Crippen LogP) is 3.62. The lowest BCUT2D eigenvalue weighted by molar-refractivity contribution is 0.102. The maximum Gasteiger partial charge on any atom is 0.257 e. The Kier molecular flexibility index (Phi) is 4.16. The summed E-state index contributed by atoms with van der Waals surface area (Å²) in [5.41, 5.74) is 2.50. The average molecular weight is 327 g/mol. The van der Waals surface area contributed by atoms with Gasteiger partial charge in [0.1, 0.15) is 5.75 Å². The van der Waals surface area contributed by atoms with Crippen LogP contribution < -0.4 is 15.0 Å². The van der Waals surface area contributed by atoms with Crippen LogP contribution in [-0.4, -0.2) is 32.1 Å². The van der Waals surface area contributed by atoms with Crippen molar-refractivity contribution >= 4 is 38.3 Å². The molecule has 0 aliphatic rings. The van der Waals surface area contributed by atoms with E-state index in [2.05, 4.69) is 10.3 Å². The van der Waals surface area contributed by atoms with Crippen molar-refractivity contribution in [3.8, 4) is 5.75 Å². The van der Waals surface area contributed by atoms with Crippen LogP contribution in [0.3, 0.4) is 0 Å². The van der Waals surface area contributed by atoms with E-state index in [0.717, 1.165) is 21.7 Å². The predicted molar refractivity (Wildman–Crippen MR) is 94.9 cm³/mol. The second-order valence-corrected chi connectivity index (χ2v) is 6.28. The molecule has 2 aromatic carbocycles. The van der Waals surface area contributed by atoms with Gasteiger partial charge in [-0.2, -0.15) is 0 Å². The van der Waals surface area contributed by atoms with Crippen LogP contribution >= 0.6 is 11.3 Å². The van der Waals surface area contributed by atoms with E-state index >= 15 is 0 Å². The van der Waals surface area contributed by atoms with Crippen molar-refractivity contribution in [2.75, 3.05) is 31.4 Å². The summed E-state index contributed by atoms with van der Waals surface area (Å²) in [4.78, 5) is 18.7. The molecule has 0 aliphatic heterocycles. The number of ether oxygens (including phenoxy) is 1. The summed E-state index contributed by atoms with van der Waals surface area (Å²) in [5.74, 6) is 0.611. The molecular formula is C17H17N3O2S. The molecule has 6 heteroatoms. The van der Waals surface area contributed by atoms with Crippen molar-refractivity contribution in [1.29, 1.82) is 0 Å². The van der Waals surface area contributed by atoms with Crippen LogP contribution in [0.1, 0.15) is 10.4 Å². The van der Waals surface area contributed by atoms with E-state index in [1.807, 2.05) is 49.3 Å². The highest BCUT2D eigenvalue weighted by Gasteiger charge is 2.10. The SMILES string of the molecule is COc1ccc2nc(NC(=O)c3ccc(N(C)C)cc3)sc2c1. The maximum atomic E-state index is 12.3. The third kappa shape index (κ3) is 3.27. The van der Waals surface area contributed by atoms with Crippen molar-refractivity contribution in [3.63, 3.8) is 0 Å². The number of anilines is 2. The van der Waals surface area contributed by atoms with Crippen molar-refractivity contribution in [2.45, 2.75) is 0 Å². The molecule has 1 amide bonds. The highest BCUT2D eigenvalue weighted by molar-refractivity contribution is 7.22. The number of hydrogen-bond donors (Lipinski definition) is 1. The number of fused-ring (bicyclic) bond motifs is 1. The lowest BCUT2D eigenvalue weighted by Crippen LogP contribution is -2.13. The zero-order valence-corrected chi connectivity index (χ0v) is 14.0. The van der Waals surface area contributed by atoms with Crippen LogP contribution in [0.25, 0.3) is 10.2 Å². The van der Waals surface area contributed by atoms with Crippen LogP contribution in [0, 0.1) is 0 Å². The second kappa shape index (κ2) is 6.26. The summed E-state index contributed by atoms with van der Waals surface area (Å²) in [6, 6.07) is 13.1. The van der Waals surface area contributed by atoms with E-state index in [4.69, 9.17) is 4.74 Å². The first kappa shape index (κ1) is 15.3. The van der Waals surface area contributed by atoms with Gasteiger partial charge in [-0.3, -0.25) is 10.1 Å². The number of thiazole rings is 1. The van der Waals surface area contributed by atoms with Crippen molar-refractivity contribution in [1.82, 2.24) is 4.98 Å². The molecule has 1 heterocycles. The van der Waals surface area contributed by atoms with E-state index in [-0.39, 0.29) is 5.91 Å². The molecule has 1 N–H and O–H groups in total. The maximum absolute atomic E-state index is 12.3. The van der Waals surface area contributed by atoms with Gasteiger partial charge >= 0.3 is 0 Å². The molecule has 3 aromatic rings. The molecule has 0 spiro atoms. The van der Waals surface area contributed by atoms with Gasteiger partial charge in [0, 0.05) is 25.3 Å². The van der Waals surface area contributed by atoms with Crippen LogP contribution in [-0.2, 0) is 0 Å². The fourth-order valence-electron chi connectivity index (χ4n) is 2.17. The minimum absolute atomic E-state index is 0.165. The van der Waals surface area contributed by atoms with Gasteiger partial charge in [0.25, 0.3) is 5.91 Å². The Morgan fingerprint density at radius 3 is 2.57 bits per heavy atom. The van der Waals surface area contributed by atoms with Gasteiger partial charge in [-0.1, -0.05) is 11.3 Å². The zero-order valence-electron chi connectivity index (χ0n) is 13.2. The zero-order chi connectivity index (χ0) is 16.4. The molecule has 0 aliphatic carbocycles. The van der Waals surface area contributed by atoms with Crippen LogP contribution in [0.4, 0.5) is 10.8 Å². The Labute approximate surface area is 138 Å². The lowest BCUT2D eigenvalue weighted by Gasteiger charge is -2.12. The summed E-state index contributed by atoms with van der Waals surface area (Å²) < 4.78 is 6.17. The first-order valence-electron chi connectivity index (χ1n) is 7.10. The molecule has 0 bridgehead atoms.